The zero-order valence-corrected chi connectivity index (χ0v) is 15.7. The molecule has 11 heteroatoms. The molecule has 1 heterocycles. The van der Waals surface area contributed by atoms with Crippen molar-refractivity contribution in [3.8, 4) is 5.75 Å². The van der Waals surface area contributed by atoms with E-state index in [1.54, 1.807) is 0 Å². The first-order valence-corrected chi connectivity index (χ1v) is 9.90. The Bertz CT molecular complexity index is 1010. The van der Waals surface area contributed by atoms with Crippen molar-refractivity contribution in [3.63, 3.8) is 0 Å². The number of hydrogen-bond donors (Lipinski definition) is 1. The highest BCUT2D eigenvalue weighted by Gasteiger charge is 2.34. The minimum Gasteiger partial charge on any atom is -0.404 e. The maximum absolute atomic E-state index is 12.5. The number of carbonyl (C=O) groups excluding carboxylic acids is 1. The monoisotopic (exact) mass is 434 g/mol. The Hall–Kier alpha value is -2.46. The fourth-order valence-corrected chi connectivity index (χ4v) is 4.25. The van der Waals surface area contributed by atoms with Gasteiger partial charge in [0.25, 0.3) is 10.0 Å². The van der Waals surface area contributed by atoms with Gasteiger partial charge in [0, 0.05) is 13.0 Å². The molecule has 1 fully saturated rings. The highest BCUT2D eigenvalue weighted by Crippen LogP contribution is 2.34. The number of carbonyl (C=O) groups is 1. The summed E-state index contributed by atoms with van der Waals surface area (Å²) in [5.74, 6) is -0.943. The molecule has 1 saturated heterocycles. The normalized spacial score (nSPS) is 15.0. The molecule has 1 aliphatic rings. The lowest BCUT2D eigenvalue weighted by atomic mass is 10.2. The lowest BCUT2D eigenvalue weighted by Gasteiger charge is -2.18. The van der Waals surface area contributed by atoms with Crippen LogP contribution in [0.2, 0.25) is 5.02 Å². The van der Waals surface area contributed by atoms with Gasteiger partial charge in [0.2, 0.25) is 5.91 Å². The Kier molecular flexibility index (Phi) is 5.44. The van der Waals surface area contributed by atoms with Crippen LogP contribution in [0.25, 0.3) is 0 Å². The summed E-state index contributed by atoms with van der Waals surface area (Å²) in [5, 5.41) is 0.135. The Morgan fingerprint density at radius 3 is 2.46 bits per heavy atom. The van der Waals surface area contributed by atoms with E-state index >= 15 is 0 Å². The first kappa shape index (κ1) is 20.3. The fraction of sp³-hybridized carbons (Fsp3) is 0.235. The van der Waals surface area contributed by atoms with Crippen LogP contribution in [-0.4, -0.2) is 27.2 Å². The van der Waals surface area contributed by atoms with Gasteiger partial charge in [-0.1, -0.05) is 23.7 Å². The predicted molar refractivity (Wildman–Crippen MR) is 97.0 cm³/mol. The summed E-state index contributed by atoms with van der Waals surface area (Å²) in [6.45, 7) is 0.506. The number of ether oxygens (including phenoxy) is 1. The van der Waals surface area contributed by atoms with Gasteiger partial charge in [0.05, 0.1) is 16.4 Å². The third-order valence-corrected chi connectivity index (χ3v) is 5.65. The molecule has 0 radical (unpaired) electrons. The number of nitrogens with zero attached hydrogens (tertiary/aromatic N) is 1. The molecule has 1 aliphatic heterocycles. The zero-order valence-electron chi connectivity index (χ0n) is 14.2. The van der Waals surface area contributed by atoms with E-state index in [0.717, 1.165) is 12.1 Å². The van der Waals surface area contributed by atoms with Crippen molar-refractivity contribution in [1.29, 1.82) is 0 Å². The molecule has 0 aliphatic carbocycles. The van der Waals surface area contributed by atoms with Crippen molar-refractivity contribution in [3.05, 3.63) is 47.5 Å². The molecule has 1 N–H and O–H groups in total. The van der Waals surface area contributed by atoms with E-state index in [-0.39, 0.29) is 16.6 Å². The van der Waals surface area contributed by atoms with Crippen molar-refractivity contribution in [2.75, 3.05) is 16.2 Å². The standard InChI is InChI=1S/C17H14ClF3N2O4S/c18-12-10-11(7-8-13(12)23-9-3-6-16(23)24)22-28(25,26)15-5-2-1-4-14(15)27-17(19,20)21/h1-2,4-5,7-8,10,22H,3,6,9H2. The number of nitrogens with one attached hydrogen (secondary N) is 1. The van der Waals surface area contributed by atoms with E-state index in [1.165, 1.54) is 35.2 Å². The quantitative estimate of drug-likeness (QED) is 0.766. The van der Waals surface area contributed by atoms with Gasteiger partial charge < -0.3 is 9.64 Å². The van der Waals surface area contributed by atoms with Crippen LogP contribution in [0, 0.1) is 0 Å². The third kappa shape index (κ3) is 4.50. The molecule has 1 amide bonds. The van der Waals surface area contributed by atoms with Gasteiger partial charge in [-0.05, 0) is 36.8 Å². The Morgan fingerprint density at radius 2 is 1.86 bits per heavy atom. The van der Waals surface area contributed by atoms with Crippen LogP contribution in [0.5, 0.6) is 5.75 Å². The predicted octanol–water partition coefficient (Wildman–Crippen LogP) is 4.17. The summed E-state index contributed by atoms with van der Waals surface area (Å²) < 4.78 is 68.6. The van der Waals surface area contributed by atoms with Crippen molar-refractivity contribution in [2.24, 2.45) is 0 Å². The Morgan fingerprint density at radius 1 is 1.14 bits per heavy atom. The van der Waals surface area contributed by atoms with E-state index in [4.69, 9.17) is 11.6 Å². The average Bonchev–Trinajstić information content (AvgIpc) is 2.99. The number of alkyl halides is 3. The molecule has 28 heavy (non-hydrogen) atoms. The third-order valence-electron chi connectivity index (χ3n) is 3.93. The van der Waals surface area contributed by atoms with E-state index in [1.807, 2.05) is 0 Å². The van der Waals surface area contributed by atoms with Gasteiger partial charge in [0.1, 0.15) is 10.6 Å². The largest absolute Gasteiger partial charge is 0.573 e. The lowest BCUT2D eigenvalue weighted by Crippen LogP contribution is -2.24. The summed E-state index contributed by atoms with van der Waals surface area (Å²) in [6, 6.07) is 8.51. The van der Waals surface area contributed by atoms with Gasteiger partial charge in [-0.25, -0.2) is 8.42 Å². The Balaban J connectivity index is 1.87. The van der Waals surface area contributed by atoms with Gasteiger partial charge in [0.15, 0.2) is 0 Å². The van der Waals surface area contributed by atoms with Gasteiger partial charge >= 0.3 is 6.36 Å². The molecular formula is C17H14ClF3N2O4S. The highest BCUT2D eigenvalue weighted by atomic mass is 35.5. The lowest BCUT2D eigenvalue weighted by molar-refractivity contribution is -0.275. The molecule has 2 aromatic rings. The molecule has 2 aromatic carbocycles. The number of para-hydroxylation sites is 1. The SMILES string of the molecule is O=C1CCCN1c1ccc(NS(=O)(=O)c2ccccc2OC(F)(F)F)cc1Cl. The van der Waals surface area contributed by atoms with Gasteiger partial charge in [-0.2, -0.15) is 0 Å². The minimum atomic E-state index is -5.04. The number of amides is 1. The first-order valence-electron chi connectivity index (χ1n) is 8.04. The van der Waals surface area contributed by atoms with E-state index in [0.29, 0.717) is 25.1 Å². The summed E-state index contributed by atoms with van der Waals surface area (Å²) in [5.41, 5.74) is 0.468. The zero-order chi connectivity index (χ0) is 20.5. The van der Waals surface area contributed by atoms with Crippen LogP contribution in [0.3, 0.4) is 0 Å². The fourth-order valence-electron chi connectivity index (χ4n) is 2.78. The molecule has 150 valence electrons. The highest BCUT2D eigenvalue weighted by molar-refractivity contribution is 7.92. The van der Waals surface area contributed by atoms with Crippen molar-refractivity contribution in [1.82, 2.24) is 0 Å². The number of sulfonamides is 1. The molecule has 0 spiro atoms. The molecule has 0 unspecified atom stereocenters. The second-order valence-electron chi connectivity index (χ2n) is 5.92. The average molecular weight is 435 g/mol. The van der Waals surface area contributed by atoms with Crippen LogP contribution in [-0.2, 0) is 14.8 Å². The summed E-state index contributed by atoms with van der Waals surface area (Å²) in [6.07, 6.45) is -3.95. The number of benzene rings is 2. The van der Waals surface area contributed by atoms with Crippen molar-refractivity contribution < 1.29 is 31.1 Å². The van der Waals surface area contributed by atoms with Gasteiger partial charge in [-0.15, -0.1) is 13.2 Å². The van der Waals surface area contributed by atoms with Crippen molar-refractivity contribution >= 4 is 38.9 Å². The molecule has 3 rings (SSSR count). The molecule has 0 saturated carbocycles. The van der Waals surface area contributed by atoms with Crippen LogP contribution >= 0.6 is 11.6 Å². The minimum absolute atomic E-state index is 0.0298. The van der Waals surface area contributed by atoms with Crippen molar-refractivity contribution in [2.45, 2.75) is 24.1 Å². The summed E-state index contributed by atoms with van der Waals surface area (Å²) >= 11 is 6.17. The Labute approximate surface area is 163 Å². The maximum Gasteiger partial charge on any atom is 0.573 e. The molecular weight excluding hydrogens is 421 g/mol. The number of halogens is 4. The maximum atomic E-state index is 12.5. The van der Waals surface area contributed by atoms with Gasteiger partial charge in [-0.3, -0.25) is 9.52 Å². The number of hydrogen-bond acceptors (Lipinski definition) is 4. The van der Waals surface area contributed by atoms with Crippen LogP contribution in [0.15, 0.2) is 47.4 Å². The van der Waals surface area contributed by atoms with Crippen LogP contribution < -0.4 is 14.4 Å². The molecule has 0 atom stereocenters. The number of anilines is 2. The summed E-state index contributed by atoms with van der Waals surface area (Å²) in [7, 11) is -4.39. The topological polar surface area (TPSA) is 75.7 Å². The number of rotatable bonds is 5. The van der Waals surface area contributed by atoms with Crippen LogP contribution in [0.4, 0.5) is 24.5 Å². The molecule has 6 nitrogen and oxygen atoms in total. The molecule has 0 bridgehead atoms. The molecule has 0 aromatic heterocycles. The second-order valence-corrected chi connectivity index (χ2v) is 7.97. The smallest absolute Gasteiger partial charge is 0.404 e. The first-order chi connectivity index (χ1) is 13.1. The van der Waals surface area contributed by atoms with Crippen LogP contribution in [0.1, 0.15) is 12.8 Å². The van der Waals surface area contributed by atoms with E-state index in [2.05, 4.69) is 9.46 Å². The second kappa shape index (κ2) is 7.51. The summed E-state index contributed by atoms with van der Waals surface area (Å²) in [4.78, 5) is 12.6. The van der Waals surface area contributed by atoms with E-state index < -0.39 is 27.0 Å². The van der Waals surface area contributed by atoms with E-state index in [9.17, 15) is 26.4 Å².